The summed E-state index contributed by atoms with van der Waals surface area (Å²) in [5.41, 5.74) is 2.70. The van der Waals surface area contributed by atoms with Crippen LogP contribution in [0.1, 0.15) is 27.2 Å². The molecule has 1 aliphatic heterocycles. The van der Waals surface area contributed by atoms with E-state index in [-0.39, 0.29) is 22.0 Å². The van der Waals surface area contributed by atoms with Gasteiger partial charge in [-0.2, -0.15) is 0 Å². The fourth-order valence-corrected chi connectivity index (χ4v) is 4.03. The smallest absolute Gasteiger partial charge is 0.335 e. The van der Waals surface area contributed by atoms with Crippen LogP contribution in [0.25, 0.3) is 17.4 Å². The van der Waals surface area contributed by atoms with Crippen molar-refractivity contribution in [2.45, 2.75) is 13.8 Å². The molecule has 1 fully saturated rings. The predicted octanol–water partition coefficient (Wildman–Crippen LogP) is 4.75. The van der Waals surface area contributed by atoms with Gasteiger partial charge in [-0.05, 0) is 85.7 Å². The zero-order chi connectivity index (χ0) is 23.9. The lowest BCUT2D eigenvalue weighted by Crippen LogP contribution is -2.54. The Hall–Kier alpha value is -3.75. The molecule has 2 aromatic carbocycles. The molecule has 9 heteroatoms. The van der Waals surface area contributed by atoms with E-state index in [9.17, 15) is 19.5 Å². The number of carbonyl (C=O) groups is 3. The molecule has 4 rings (SSSR count). The molecule has 1 aliphatic rings. The fraction of sp³-hybridized carbons (Fsp3) is 0.0833. The number of nitrogens with one attached hydrogen (secondary N) is 1. The number of amides is 2. The summed E-state index contributed by atoms with van der Waals surface area (Å²) < 4.78 is 5.75. The Balaban J connectivity index is 1.71. The van der Waals surface area contributed by atoms with Gasteiger partial charge in [-0.1, -0.05) is 17.7 Å². The number of halogens is 1. The van der Waals surface area contributed by atoms with Gasteiger partial charge >= 0.3 is 5.97 Å². The standard InChI is InChI=1S/C24H17ClN2O5S/c1-12-7-13(2)9-15(8-12)27-22(29)18(21(28)26-24(27)33)11-16-4-6-20(32-16)17-10-14(23(30)31)3-5-19(17)25/h3-11H,1-2H3,(H,30,31)(H,26,28,33)/b18-11+. The Morgan fingerprint density at radius 3 is 2.45 bits per heavy atom. The van der Waals surface area contributed by atoms with Gasteiger partial charge in [0, 0.05) is 5.56 Å². The van der Waals surface area contributed by atoms with E-state index in [4.69, 9.17) is 28.2 Å². The predicted molar refractivity (Wildman–Crippen MR) is 128 cm³/mol. The molecule has 2 amide bonds. The monoisotopic (exact) mass is 480 g/mol. The minimum atomic E-state index is -1.10. The molecular weight excluding hydrogens is 464 g/mol. The summed E-state index contributed by atoms with van der Waals surface area (Å²) in [5.74, 6) is -1.82. The highest BCUT2D eigenvalue weighted by Crippen LogP contribution is 2.32. The quantitative estimate of drug-likeness (QED) is 0.317. The van der Waals surface area contributed by atoms with Crippen molar-refractivity contribution < 1.29 is 23.9 Å². The maximum Gasteiger partial charge on any atom is 0.335 e. The second-order valence-electron chi connectivity index (χ2n) is 7.51. The van der Waals surface area contributed by atoms with E-state index in [2.05, 4.69) is 5.32 Å². The maximum absolute atomic E-state index is 13.2. The van der Waals surface area contributed by atoms with Crippen molar-refractivity contribution in [2.24, 2.45) is 0 Å². The Morgan fingerprint density at radius 1 is 1.09 bits per heavy atom. The second kappa shape index (κ2) is 8.65. The van der Waals surface area contributed by atoms with Crippen LogP contribution >= 0.6 is 23.8 Å². The lowest BCUT2D eigenvalue weighted by atomic mass is 10.1. The number of aromatic carboxylic acids is 1. The zero-order valence-electron chi connectivity index (χ0n) is 17.5. The summed E-state index contributed by atoms with van der Waals surface area (Å²) in [6.45, 7) is 3.80. The minimum absolute atomic E-state index is 0.00967. The number of benzene rings is 2. The molecule has 0 atom stereocenters. The molecule has 33 heavy (non-hydrogen) atoms. The van der Waals surface area contributed by atoms with Gasteiger partial charge in [-0.25, -0.2) is 4.79 Å². The van der Waals surface area contributed by atoms with Crippen molar-refractivity contribution in [2.75, 3.05) is 4.90 Å². The lowest BCUT2D eigenvalue weighted by molar-refractivity contribution is -0.122. The first-order chi connectivity index (χ1) is 15.6. The first-order valence-electron chi connectivity index (χ1n) is 9.77. The third-order valence-electron chi connectivity index (χ3n) is 4.96. The third kappa shape index (κ3) is 4.44. The van der Waals surface area contributed by atoms with Gasteiger partial charge < -0.3 is 9.52 Å². The number of anilines is 1. The average molecular weight is 481 g/mol. The number of rotatable bonds is 4. The summed E-state index contributed by atoms with van der Waals surface area (Å²) in [6.07, 6.45) is 1.31. The Labute approximate surface area is 199 Å². The fourth-order valence-electron chi connectivity index (χ4n) is 3.54. The van der Waals surface area contributed by atoms with Crippen LogP contribution in [0.3, 0.4) is 0 Å². The number of carbonyl (C=O) groups excluding carboxylic acids is 2. The van der Waals surface area contributed by atoms with Crippen LogP contribution in [0.4, 0.5) is 5.69 Å². The van der Waals surface area contributed by atoms with E-state index in [1.807, 2.05) is 19.9 Å². The van der Waals surface area contributed by atoms with Gasteiger partial charge in [-0.3, -0.25) is 19.8 Å². The maximum atomic E-state index is 13.2. The molecule has 0 spiro atoms. The first-order valence-corrected chi connectivity index (χ1v) is 10.6. The van der Waals surface area contributed by atoms with Crippen LogP contribution in [0.15, 0.2) is 58.5 Å². The summed E-state index contributed by atoms with van der Waals surface area (Å²) in [5, 5.41) is 12.0. The van der Waals surface area contributed by atoms with Crippen LogP contribution in [0.5, 0.6) is 0 Å². The first kappa shape index (κ1) is 22.4. The van der Waals surface area contributed by atoms with Crippen molar-refractivity contribution in [3.63, 3.8) is 0 Å². The third-order valence-corrected chi connectivity index (χ3v) is 5.57. The summed E-state index contributed by atoms with van der Waals surface area (Å²) in [4.78, 5) is 38.3. The molecule has 7 nitrogen and oxygen atoms in total. The van der Waals surface area contributed by atoms with Gasteiger partial charge in [0.15, 0.2) is 5.11 Å². The highest BCUT2D eigenvalue weighted by atomic mass is 35.5. The molecule has 1 saturated heterocycles. The molecule has 0 aliphatic carbocycles. The zero-order valence-corrected chi connectivity index (χ0v) is 19.1. The van der Waals surface area contributed by atoms with Gasteiger partial charge in [0.1, 0.15) is 17.1 Å². The van der Waals surface area contributed by atoms with Crippen LogP contribution in [-0.2, 0) is 9.59 Å². The van der Waals surface area contributed by atoms with Gasteiger partial charge in [0.2, 0.25) is 0 Å². The Morgan fingerprint density at radius 2 is 1.79 bits per heavy atom. The highest BCUT2D eigenvalue weighted by molar-refractivity contribution is 7.80. The number of carboxylic acid groups (broad SMARTS) is 1. The van der Waals surface area contributed by atoms with Crippen molar-refractivity contribution in [1.82, 2.24) is 5.32 Å². The SMILES string of the molecule is Cc1cc(C)cc(N2C(=O)/C(=C/c3ccc(-c4cc(C(=O)O)ccc4Cl)o3)C(=O)NC2=S)c1. The van der Waals surface area contributed by atoms with E-state index in [1.54, 1.807) is 24.3 Å². The topological polar surface area (TPSA) is 99.8 Å². The van der Waals surface area contributed by atoms with Crippen LogP contribution in [0.2, 0.25) is 5.02 Å². The van der Waals surface area contributed by atoms with Crippen molar-refractivity contribution in [1.29, 1.82) is 0 Å². The van der Waals surface area contributed by atoms with Crippen LogP contribution in [0, 0.1) is 13.8 Å². The Kier molecular flexibility index (Phi) is 5.88. The number of hydrogen-bond donors (Lipinski definition) is 2. The van der Waals surface area contributed by atoms with E-state index in [0.29, 0.717) is 22.0 Å². The Bertz CT molecular complexity index is 1350. The van der Waals surface area contributed by atoms with Gasteiger partial charge in [0.25, 0.3) is 11.8 Å². The molecule has 0 saturated carbocycles. The average Bonchev–Trinajstić information content (AvgIpc) is 3.19. The molecule has 2 heterocycles. The molecule has 3 aromatic rings. The van der Waals surface area contributed by atoms with E-state index in [0.717, 1.165) is 11.1 Å². The van der Waals surface area contributed by atoms with Crippen LogP contribution in [-0.4, -0.2) is 28.0 Å². The molecular formula is C24H17ClN2O5S. The molecule has 0 radical (unpaired) electrons. The normalized spacial score (nSPS) is 15.2. The van der Waals surface area contributed by atoms with E-state index >= 15 is 0 Å². The van der Waals surface area contributed by atoms with E-state index < -0.39 is 17.8 Å². The van der Waals surface area contributed by atoms with Crippen molar-refractivity contribution in [3.05, 3.63) is 81.6 Å². The number of carboxylic acids is 1. The largest absolute Gasteiger partial charge is 0.478 e. The highest BCUT2D eigenvalue weighted by Gasteiger charge is 2.35. The van der Waals surface area contributed by atoms with Gasteiger partial charge in [-0.15, -0.1) is 0 Å². The number of aryl methyl sites for hydroxylation is 2. The van der Waals surface area contributed by atoms with Crippen molar-refractivity contribution in [3.8, 4) is 11.3 Å². The summed E-state index contributed by atoms with van der Waals surface area (Å²) >= 11 is 11.4. The second-order valence-corrected chi connectivity index (χ2v) is 8.30. The molecule has 0 bridgehead atoms. The molecule has 166 valence electrons. The lowest BCUT2D eigenvalue weighted by Gasteiger charge is -2.29. The van der Waals surface area contributed by atoms with E-state index in [1.165, 1.54) is 29.2 Å². The number of thiocarbonyl (C=S) groups is 1. The van der Waals surface area contributed by atoms with Crippen LogP contribution < -0.4 is 10.2 Å². The van der Waals surface area contributed by atoms with Gasteiger partial charge in [0.05, 0.1) is 16.3 Å². The van der Waals surface area contributed by atoms with Crippen molar-refractivity contribution >= 4 is 58.5 Å². The summed E-state index contributed by atoms with van der Waals surface area (Å²) in [7, 11) is 0. The summed E-state index contributed by atoms with van der Waals surface area (Å²) in [6, 6.07) is 12.9. The number of nitrogens with zero attached hydrogens (tertiary/aromatic N) is 1. The number of furan rings is 1. The molecule has 0 unspecified atom stereocenters. The minimum Gasteiger partial charge on any atom is -0.478 e. The number of hydrogen-bond acceptors (Lipinski definition) is 5. The molecule has 2 N–H and O–H groups in total. The molecule has 1 aromatic heterocycles.